The molecule has 10 heteroatoms. The van der Waals surface area contributed by atoms with E-state index in [-0.39, 0.29) is 5.69 Å². The van der Waals surface area contributed by atoms with Crippen molar-refractivity contribution in [3.05, 3.63) is 45.7 Å². The Hall–Kier alpha value is -2.55. The summed E-state index contributed by atoms with van der Waals surface area (Å²) in [4.78, 5) is 27.0. The molecule has 0 unspecified atom stereocenters. The molecule has 1 aromatic carbocycles. The lowest BCUT2D eigenvalue weighted by Crippen LogP contribution is -2.27. The fourth-order valence-corrected chi connectivity index (χ4v) is 2.03. The normalized spacial score (nSPS) is 11.4. The quantitative estimate of drug-likeness (QED) is 0.838. The lowest BCUT2D eigenvalue weighted by atomic mass is 10.1. The van der Waals surface area contributed by atoms with Crippen LogP contribution in [0.25, 0.3) is 11.3 Å². The predicted molar refractivity (Wildman–Crippen MR) is 82.7 cm³/mol. The Morgan fingerprint density at radius 3 is 2.48 bits per heavy atom. The first kappa shape index (κ1) is 18.8. The van der Waals surface area contributed by atoms with Crippen LogP contribution in [0.5, 0.6) is 6.01 Å². The lowest BCUT2D eigenvalue weighted by Gasteiger charge is -2.13. The molecule has 0 amide bonds. The minimum atomic E-state index is -4.45. The van der Waals surface area contributed by atoms with Gasteiger partial charge in [0.15, 0.2) is 0 Å². The molecular weight excluding hydrogens is 365 g/mol. The molecule has 0 aliphatic heterocycles. The Balaban J connectivity index is 2.39. The molecule has 0 spiro atoms. The first-order chi connectivity index (χ1) is 11.7. The van der Waals surface area contributed by atoms with Crippen molar-refractivity contribution in [2.45, 2.75) is 19.1 Å². The maximum Gasteiger partial charge on any atom is 0.392 e. The summed E-state index contributed by atoms with van der Waals surface area (Å²) < 4.78 is 42.3. The SMILES string of the molecule is O=C(O)Cn1c(OCCC(F)(F)F)nc(-c2ccc(Cl)cc2)cc1=O. The summed E-state index contributed by atoms with van der Waals surface area (Å²) in [5.74, 6) is -1.36. The van der Waals surface area contributed by atoms with Gasteiger partial charge in [-0.25, -0.2) is 0 Å². The second-order valence-corrected chi connectivity index (χ2v) is 5.40. The molecule has 0 atom stereocenters. The van der Waals surface area contributed by atoms with Crippen LogP contribution in [0.2, 0.25) is 5.02 Å². The number of ether oxygens (including phenoxy) is 1. The van der Waals surface area contributed by atoms with Gasteiger partial charge in [0.05, 0.1) is 12.1 Å². The summed E-state index contributed by atoms with van der Waals surface area (Å²) in [5.41, 5.74) is -0.153. The van der Waals surface area contributed by atoms with Crippen molar-refractivity contribution in [3.63, 3.8) is 0 Å². The highest BCUT2D eigenvalue weighted by molar-refractivity contribution is 6.30. The largest absolute Gasteiger partial charge is 0.480 e. The second-order valence-electron chi connectivity index (χ2n) is 4.96. The van der Waals surface area contributed by atoms with E-state index < -0.39 is 43.3 Å². The van der Waals surface area contributed by atoms with Crippen molar-refractivity contribution in [1.82, 2.24) is 9.55 Å². The fourth-order valence-electron chi connectivity index (χ4n) is 1.90. The minimum absolute atomic E-state index is 0.130. The highest BCUT2D eigenvalue weighted by atomic mass is 35.5. The Labute approximate surface area is 144 Å². The number of hydrogen-bond acceptors (Lipinski definition) is 4. The average Bonchev–Trinajstić information content (AvgIpc) is 2.49. The molecule has 1 N–H and O–H groups in total. The van der Waals surface area contributed by atoms with Crippen molar-refractivity contribution in [2.24, 2.45) is 0 Å². The predicted octanol–water partition coefficient (Wildman–Crippen LogP) is 2.98. The molecular formula is C15H12ClF3N2O4. The maximum absolute atomic E-state index is 12.3. The second kappa shape index (κ2) is 7.56. The third kappa shape index (κ3) is 5.49. The molecule has 2 aromatic rings. The van der Waals surface area contributed by atoms with Crippen molar-refractivity contribution in [2.75, 3.05) is 6.61 Å². The number of carboxylic acids is 1. The molecule has 0 fully saturated rings. The van der Waals surface area contributed by atoms with E-state index >= 15 is 0 Å². The van der Waals surface area contributed by atoms with Crippen LogP contribution in [0.4, 0.5) is 13.2 Å². The molecule has 0 saturated heterocycles. The molecule has 0 bridgehead atoms. The van der Waals surface area contributed by atoms with Crippen LogP contribution in [0.1, 0.15) is 6.42 Å². The van der Waals surface area contributed by atoms with E-state index in [1.165, 1.54) is 0 Å². The lowest BCUT2D eigenvalue weighted by molar-refractivity contribution is -0.141. The van der Waals surface area contributed by atoms with E-state index in [1.54, 1.807) is 24.3 Å². The van der Waals surface area contributed by atoms with Gasteiger partial charge in [-0.3, -0.25) is 14.2 Å². The van der Waals surface area contributed by atoms with Crippen LogP contribution in [-0.2, 0) is 11.3 Å². The van der Waals surface area contributed by atoms with Gasteiger partial charge in [-0.05, 0) is 12.1 Å². The van der Waals surface area contributed by atoms with E-state index in [9.17, 15) is 22.8 Å². The molecule has 0 aliphatic carbocycles. The highest BCUT2D eigenvalue weighted by Crippen LogP contribution is 2.22. The van der Waals surface area contributed by atoms with Gasteiger partial charge in [0, 0.05) is 16.7 Å². The first-order valence-electron chi connectivity index (χ1n) is 6.95. The monoisotopic (exact) mass is 376 g/mol. The zero-order chi connectivity index (χ0) is 18.6. The van der Waals surface area contributed by atoms with Gasteiger partial charge in [-0.15, -0.1) is 0 Å². The molecule has 134 valence electrons. The number of carbonyl (C=O) groups is 1. The smallest absolute Gasteiger partial charge is 0.392 e. The van der Waals surface area contributed by atoms with Crippen LogP contribution in [0.3, 0.4) is 0 Å². The zero-order valence-electron chi connectivity index (χ0n) is 12.6. The maximum atomic E-state index is 12.3. The van der Waals surface area contributed by atoms with Gasteiger partial charge in [0.1, 0.15) is 13.2 Å². The summed E-state index contributed by atoms with van der Waals surface area (Å²) in [7, 11) is 0. The number of benzene rings is 1. The summed E-state index contributed by atoms with van der Waals surface area (Å²) in [6.07, 6.45) is -5.72. The van der Waals surface area contributed by atoms with Gasteiger partial charge in [0.2, 0.25) is 0 Å². The van der Waals surface area contributed by atoms with Crippen LogP contribution in [0.15, 0.2) is 35.1 Å². The van der Waals surface area contributed by atoms with Crippen molar-refractivity contribution < 1.29 is 27.8 Å². The standard InChI is InChI=1S/C15H12ClF3N2O4/c16-10-3-1-9(2-4-10)11-7-12(22)21(8-13(23)24)14(20-11)25-6-5-15(17,18)19/h1-4,7H,5-6,8H2,(H,23,24). The van der Waals surface area contributed by atoms with E-state index in [0.29, 0.717) is 15.2 Å². The van der Waals surface area contributed by atoms with Crippen LogP contribution in [-0.4, -0.2) is 33.4 Å². The Kier molecular flexibility index (Phi) is 5.68. The molecule has 0 saturated carbocycles. The highest BCUT2D eigenvalue weighted by Gasteiger charge is 2.27. The van der Waals surface area contributed by atoms with E-state index in [2.05, 4.69) is 4.98 Å². The van der Waals surface area contributed by atoms with E-state index in [1.807, 2.05) is 0 Å². The molecule has 1 heterocycles. The number of nitrogens with zero attached hydrogens (tertiary/aromatic N) is 2. The number of alkyl halides is 3. The van der Waals surface area contributed by atoms with E-state index in [4.69, 9.17) is 21.4 Å². The number of rotatable bonds is 6. The van der Waals surface area contributed by atoms with E-state index in [0.717, 1.165) is 6.07 Å². The molecule has 0 radical (unpaired) electrons. The molecule has 1 aromatic heterocycles. The first-order valence-corrected chi connectivity index (χ1v) is 7.33. The zero-order valence-corrected chi connectivity index (χ0v) is 13.3. The molecule has 0 aliphatic rings. The Morgan fingerprint density at radius 2 is 1.92 bits per heavy atom. The van der Waals surface area contributed by atoms with Crippen molar-refractivity contribution in [3.8, 4) is 17.3 Å². The molecule has 25 heavy (non-hydrogen) atoms. The average molecular weight is 377 g/mol. The Bertz CT molecular complexity index is 819. The van der Waals surface area contributed by atoms with Gasteiger partial charge >= 0.3 is 12.1 Å². The van der Waals surface area contributed by atoms with Crippen LogP contribution in [0, 0.1) is 0 Å². The van der Waals surface area contributed by atoms with Gasteiger partial charge in [-0.2, -0.15) is 18.2 Å². The number of aliphatic carboxylic acids is 1. The third-order valence-corrected chi connectivity index (χ3v) is 3.28. The van der Waals surface area contributed by atoms with Crippen molar-refractivity contribution >= 4 is 17.6 Å². The van der Waals surface area contributed by atoms with Crippen molar-refractivity contribution in [1.29, 1.82) is 0 Å². The number of halogens is 4. The third-order valence-electron chi connectivity index (χ3n) is 3.02. The summed E-state index contributed by atoms with van der Waals surface area (Å²) in [6.45, 7) is -1.58. The summed E-state index contributed by atoms with van der Waals surface area (Å²) >= 11 is 5.77. The number of aromatic nitrogens is 2. The Morgan fingerprint density at radius 1 is 1.28 bits per heavy atom. The van der Waals surface area contributed by atoms with Crippen LogP contribution < -0.4 is 10.3 Å². The number of hydrogen-bond donors (Lipinski definition) is 1. The fraction of sp³-hybridized carbons (Fsp3) is 0.267. The summed E-state index contributed by atoms with van der Waals surface area (Å²) in [6, 6.07) is 6.79. The van der Waals surface area contributed by atoms with Gasteiger partial charge in [0.25, 0.3) is 11.6 Å². The van der Waals surface area contributed by atoms with Gasteiger partial charge in [-0.1, -0.05) is 23.7 Å². The summed E-state index contributed by atoms with van der Waals surface area (Å²) in [5, 5.41) is 9.30. The minimum Gasteiger partial charge on any atom is -0.480 e. The molecule has 6 nitrogen and oxygen atoms in total. The molecule has 2 rings (SSSR count). The van der Waals surface area contributed by atoms with Crippen LogP contribution >= 0.6 is 11.6 Å². The van der Waals surface area contributed by atoms with Gasteiger partial charge < -0.3 is 9.84 Å². The number of carboxylic acid groups (broad SMARTS) is 1. The topological polar surface area (TPSA) is 81.4 Å².